The van der Waals surface area contributed by atoms with Gasteiger partial charge in [-0.1, -0.05) is 53.9 Å². The summed E-state index contributed by atoms with van der Waals surface area (Å²) >= 11 is 3.23. The molecule has 0 aliphatic heterocycles. The topological polar surface area (TPSA) is 109 Å². The van der Waals surface area contributed by atoms with Gasteiger partial charge in [0.05, 0.1) is 0 Å². The van der Waals surface area contributed by atoms with Crippen LogP contribution in [0.25, 0.3) is 43.9 Å². The van der Waals surface area contributed by atoms with Crippen LogP contribution < -0.4 is 15.1 Å². The monoisotopic (exact) mass is 1120 g/mol. The van der Waals surface area contributed by atoms with E-state index in [1.807, 2.05) is 128 Å². The van der Waals surface area contributed by atoms with Gasteiger partial charge in [-0.3, -0.25) is 19.9 Å². The second-order valence-electron chi connectivity index (χ2n) is 11.4. The Labute approximate surface area is 356 Å². The molecule has 276 valence electrons. The van der Waals surface area contributed by atoms with E-state index in [0.29, 0.717) is 0 Å². The Hall–Kier alpha value is -5.18. The predicted molar refractivity (Wildman–Crippen MR) is 212 cm³/mol. The molecule has 0 aliphatic rings. The predicted octanol–water partition coefficient (Wildman–Crippen LogP) is 9.82. The summed E-state index contributed by atoms with van der Waals surface area (Å²) in [5.41, 5.74) is 10.2. The third-order valence-corrected chi connectivity index (χ3v) is 9.17. The SMILES string of the molecule is Cc1cc(-c2ccccn2)[n-]n1.Cc1cc(-c2ccccn2)[n-]n1.[Pt+2].[Pt+2].[c-]1c(-c2nccs2)cccc1N(c1[c-]c(-c2nccs2)ccc1)c1ccccc1. The minimum atomic E-state index is 0. The molecule has 0 bridgehead atoms. The van der Waals surface area contributed by atoms with Crippen molar-refractivity contribution < 1.29 is 42.1 Å². The normalized spacial score (nSPS) is 10.1. The van der Waals surface area contributed by atoms with Gasteiger partial charge in [0.15, 0.2) is 0 Å². The fraction of sp³-hybridized carbons (Fsp3) is 0.0476. The van der Waals surface area contributed by atoms with E-state index in [1.54, 1.807) is 35.1 Å². The van der Waals surface area contributed by atoms with E-state index < -0.39 is 0 Å². The van der Waals surface area contributed by atoms with Crippen molar-refractivity contribution in [1.29, 1.82) is 0 Å². The summed E-state index contributed by atoms with van der Waals surface area (Å²) in [5.74, 6) is 0. The van der Waals surface area contributed by atoms with Gasteiger partial charge < -0.3 is 25.3 Å². The average Bonchev–Trinajstić information content (AvgIpc) is 4.07. The smallest absolute Gasteiger partial charge is 0.574 e. The number of pyridine rings is 2. The van der Waals surface area contributed by atoms with Crippen molar-refractivity contribution in [3.8, 4) is 43.9 Å². The molecule has 0 N–H and O–H groups in total. The summed E-state index contributed by atoms with van der Waals surface area (Å²) in [7, 11) is 0. The molecule has 9 aromatic rings. The zero-order valence-corrected chi connectivity index (χ0v) is 35.6. The molecule has 0 fully saturated rings. The second-order valence-corrected chi connectivity index (χ2v) is 13.2. The van der Waals surface area contributed by atoms with Gasteiger partial charge in [-0.15, -0.1) is 59.7 Å². The van der Waals surface area contributed by atoms with Crippen LogP contribution in [0.15, 0.2) is 151 Å². The third kappa shape index (κ3) is 11.0. The molecule has 0 amide bonds. The van der Waals surface area contributed by atoms with Gasteiger partial charge in [0.2, 0.25) is 0 Å². The van der Waals surface area contributed by atoms with Crippen molar-refractivity contribution in [2.75, 3.05) is 4.90 Å². The molecule has 0 saturated carbocycles. The molecule has 6 heterocycles. The Morgan fingerprint density at radius 1 is 0.509 bits per heavy atom. The first-order chi connectivity index (χ1) is 26.1. The summed E-state index contributed by atoms with van der Waals surface area (Å²) in [5, 5.41) is 21.6. The van der Waals surface area contributed by atoms with Gasteiger partial charge >= 0.3 is 42.1 Å². The Morgan fingerprint density at radius 3 is 1.36 bits per heavy atom. The van der Waals surface area contributed by atoms with Crippen LogP contribution in [0.2, 0.25) is 0 Å². The van der Waals surface area contributed by atoms with E-state index in [-0.39, 0.29) is 42.1 Å². The first kappa shape index (κ1) is 41.0. The van der Waals surface area contributed by atoms with Crippen LogP contribution >= 0.6 is 22.7 Å². The number of thiazole rings is 2. The maximum absolute atomic E-state index is 4.43. The molecule has 0 aliphatic carbocycles. The van der Waals surface area contributed by atoms with E-state index in [4.69, 9.17) is 0 Å². The Balaban J connectivity index is 0.000000184. The standard InChI is InChI=1S/C24H15N3S2.2C9H8N3.2Pt/c1-2-8-20(9-3-1)27(21-10-4-6-18(16-21)23-25-12-14-28-23)22-11-5-7-19(17-22)24-26-13-15-29-24;2*1-7-6-9(12-11-7)8-4-2-3-5-10-8;;/h1-15H;2*2-6H,1H3;;/q-2;2*-1;2*+2. The van der Waals surface area contributed by atoms with Crippen LogP contribution in [-0.4, -0.2) is 30.1 Å². The van der Waals surface area contributed by atoms with Crippen LogP contribution in [0.3, 0.4) is 0 Å². The molecule has 13 heteroatoms. The molecule has 3 aromatic carbocycles. The fourth-order valence-electron chi connectivity index (χ4n) is 5.18. The van der Waals surface area contributed by atoms with Crippen molar-refractivity contribution in [3.63, 3.8) is 0 Å². The molecule has 0 saturated heterocycles. The maximum Gasteiger partial charge on any atom is 2.00 e. The number of nitrogens with zero attached hydrogens (tertiary/aromatic N) is 9. The number of hydrogen-bond donors (Lipinski definition) is 0. The van der Waals surface area contributed by atoms with Crippen molar-refractivity contribution in [2.45, 2.75) is 13.8 Å². The van der Waals surface area contributed by atoms with Crippen molar-refractivity contribution in [3.05, 3.63) is 174 Å². The molecule has 6 aromatic heterocycles. The molecule has 0 unspecified atom stereocenters. The van der Waals surface area contributed by atoms with Crippen LogP contribution in [0.5, 0.6) is 0 Å². The van der Waals surface area contributed by atoms with Crippen LogP contribution in [-0.2, 0) is 42.1 Å². The van der Waals surface area contributed by atoms with Crippen LogP contribution in [0, 0.1) is 26.0 Å². The van der Waals surface area contributed by atoms with Gasteiger partial charge in [0.25, 0.3) is 0 Å². The van der Waals surface area contributed by atoms with Crippen LogP contribution in [0.4, 0.5) is 17.1 Å². The number of rotatable bonds is 7. The molecule has 0 atom stereocenters. The first-order valence-electron chi connectivity index (χ1n) is 16.6. The van der Waals surface area contributed by atoms with E-state index in [0.717, 1.165) is 72.4 Å². The number of para-hydroxylation sites is 1. The third-order valence-electron chi connectivity index (χ3n) is 7.56. The molecule has 0 spiro atoms. The quantitative estimate of drug-likeness (QED) is 0.144. The van der Waals surface area contributed by atoms with Crippen molar-refractivity contribution in [2.24, 2.45) is 0 Å². The number of anilines is 3. The summed E-state index contributed by atoms with van der Waals surface area (Å²) in [6.07, 6.45) is 7.14. The van der Waals surface area contributed by atoms with Gasteiger partial charge in [0, 0.05) is 74.0 Å². The average molecular weight is 1120 g/mol. The van der Waals surface area contributed by atoms with E-state index in [9.17, 15) is 0 Å². The maximum atomic E-state index is 4.43. The molecule has 9 rings (SSSR count). The van der Waals surface area contributed by atoms with Crippen molar-refractivity contribution in [1.82, 2.24) is 40.3 Å². The largest absolute Gasteiger partial charge is 2.00 e. The summed E-state index contributed by atoms with van der Waals surface area (Å²) in [6.45, 7) is 3.83. The second kappa shape index (κ2) is 20.5. The number of benzene rings is 3. The molecular weight excluding hydrogens is 1080 g/mol. The Kier molecular flexibility index (Phi) is 15.3. The van der Waals surface area contributed by atoms with Crippen molar-refractivity contribution >= 4 is 39.7 Å². The first-order valence-corrected chi connectivity index (χ1v) is 18.3. The van der Waals surface area contributed by atoms with Gasteiger partial charge in [-0.05, 0) is 61.6 Å². The zero-order valence-electron chi connectivity index (χ0n) is 29.4. The zero-order chi connectivity index (χ0) is 36.2. The van der Waals surface area contributed by atoms with Gasteiger partial charge in [-0.2, -0.15) is 22.7 Å². The summed E-state index contributed by atoms with van der Waals surface area (Å²) in [4.78, 5) is 19.3. The Morgan fingerprint density at radius 2 is 0.982 bits per heavy atom. The minimum Gasteiger partial charge on any atom is -0.574 e. The molecule has 55 heavy (non-hydrogen) atoms. The van der Waals surface area contributed by atoms with Gasteiger partial charge in [-0.25, -0.2) is 0 Å². The van der Waals surface area contributed by atoms with E-state index in [2.05, 4.69) is 81.6 Å². The summed E-state index contributed by atoms with van der Waals surface area (Å²) < 4.78 is 0. The molecule has 9 nitrogen and oxygen atoms in total. The minimum absolute atomic E-state index is 0. The fourth-order valence-corrected chi connectivity index (χ4v) is 6.41. The molecular formula is C42H31N9Pt2S2. The van der Waals surface area contributed by atoms with E-state index >= 15 is 0 Å². The number of aromatic nitrogens is 8. The van der Waals surface area contributed by atoms with Crippen LogP contribution in [0.1, 0.15) is 11.4 Å². The number of aryl methyl sites for hydroxylation is 2. The summed E-state index contributed by atoms with van der Waals surface area (Å²) in [6, 6.07) is 45.0. The number of hydrogen-bond acceptors (Lipinski definition) is 9. The van der Waals surface area contributed by atoms with E-state index in [1.165, 1.54) is 0 Å². The Bertz CT molecular complexity index is 2280. The van der Waals surface area contributed by atoms with Gasteiger partial charge in [0.1, 0.15) is 0 Å². The molecule has 0 radical (unpaired) electrons.